The molecule has 0 fully saturated rings. The lowest BCUT2D eigenvalue weighted by Crippen LogP contribution is -2.15. The molecule has 0 atom stereocenters. The topological polar surface area (TPSA) is 82.8 Å². The SMILES string of the molecule is CC(=O)c1ccc(OCC(=O)OCc2cc(=O)oc3c(C)c(C)ccc23)cc1. The van der Waals surface area contributed by atoms with E-state index < -0.39 is 11.6 Å². The number of aryl methyl sites for hydroxylation is 2. The number of ether oxygens (including phenoxy) is 2. The lowest BCUT2D eigenvalue weighted by Gasteiger charge is -2.10. The predicted molar refractivity (Wildman–Crippen MR) is 104 cm³/mol. The van der Waals surface area contributed by atoms with Gasteiger partial charge < -0.3 is 13.9 Å². The van der Waals surface area contributed by atoms with Gasteiger partial charge in [0.1, 0.15) is 17.9 Å². The summed E-state index contributed by atoms with van der Waals surface area (Å²) in [5, 5.41) is 0.733. The third-order valence-corrected chi connectivity index (χ3v) is 4.52. The molecule has 0 saturated heterocycles. The maximum absolute atomic E-state index is 12.0. The van der Waals surface area contributed by atoms with Gasteiger partial charge in [-0.15, -0.1) is 0 Å². The molecular weight excluding hydrogens is 360 g/mol. The molecule has 0 unspecified atom stereocenters. The van der Waals surface area contributed by atoms with Crippen LogP contribution in [-0.4, -0.2) is 18.4 Å². The number of carbonyl (C=O) groups excluding carboxylic acids is 2. The third kappa shape index (κ3) is 4.28. The Bertz CT molecular complexity index is 1090. The third-order valence-electron chi connectivity index (χ3n) is 4.52. The Morgan fingerprint density at radius 2 is 1.75 bits per heavy atom. The summed E-state index contributed by atoms with van der Waals surface area (Å²) in [6, 6.07) is 11.6. The number of fused-ring (bicyclic) bond motifs is 1. The highest BCUT2D eigenvalue weighted by atomic mass is 16.6. The van der Waals surface area contributed by atoms with E-state index in [1.54, 1.807) is 24.3 Å². The van der Waals surface area contributed by atoms with Gasteiger partial charge in [0.05, 0.1) is 0 Å². The van der Waals surface area contributed by atoms with Crippen molar-refractivity contribution in [2.45, 2.75) is 27.4 Å². The maximum atomic E-state index is 12.0. The molecule has 0 aliphatic carbocycles. The number of ketones is 1. The van der Waals surface area contributed by atoms with Gasteiger partial charge in [-0.2, -0.15) is 0 Å². The van der Waals surface area contributed by atoms with Crippen LogP contribution in [0.5, 0.6) is 5.75 Å². The molecule has 0 aliphatic rings. The first-order chi connectivity index (χ1) is 13.3. The van der Waals surface area contributed by atoms with Gasteiger partial charge in [0.2, 0.25) is 0 Å². The van der Waals surface area contributed by atoms with E-state index in [2.05, 4.69) is 0 Å². The van der Waals surface area contributed by atoms with E-state index in [0.717, 1.165) is 16.5 Å². The average Bonchev–Trinajstić information content (AvgIpc) is 2.68. The van der Waals surface area contributed by atoms with Crippen LogP contribution in [-0.2, 0) is 16.1 Å². The lowest BCUT2D eigenvalue weighted by molar-refractivity contribution is -0.147. The summed E-state index contributed by atoms with van der Waals surface area (Å²) in [5.74, 6) is -0.157. The molecule has 1 heterocycles. The van der Waals surface area contributed by atoms with E-state index in [-0.39, 0.29) is 19.0 Å². The van der Waals surface area contributed by atoms with Gasteiger partial charge in [0.25, 0.3) is 0 Å². The van der Waals surface area contributed by atoms with Gasteiger partial charge in [-0.3, -0.25) is 4.79 Å². The Hall–Kier alpha value is -3.41. The van der Waals surface area contributed by atoms with E-state index in [1.807, 2.05) is 26.0 Å². The van der Waals surface area contributed by atoms with Crippen LogP contribution in [0.1, 0.15) is 34.0 Å². The Morgan fingerprint density at radius 3 is 2.43 bits per heavy atom. The number of esters is 1. The van der Waals surface area contributed by atoms with Crippen molar-refractivity contribution in [3.8, 4) is 5.75 Å². The number of Topliss-reactive ketones (excluding diaryl/α,β-unsaturated/α-hetero) is 1. The molecule has 0 bridgehead atoms. The van der Waals surface area contributed by atoms with E-state index >= 15 is 0 Å². The summed E-state index contributed by atoms with van der Waals surface area (Å²) in [7, 11) is 0. The van der Waals surface area contributed by atoms with Crippen molar-refractivity contribution in [3.05, 3.63) is 75.1 Å². The summed E-state index contributed by atoms with van der Waals surface area (Å²) >= 11 is 0. The van der Waals surface area contributed by atoms with Crippen molar-refractivity contribution in [2.24, 2.45) is 0 Å². The minimum atomic E-state index is -0.569. The second kappa shape index (κ2) is 8.08. The second-order valence-electron chi connectivity index (χ2n) is 6.50. The van der Waals surface area contributed by atoms with Crippen molar-refractivity contribution in [1.82, 2.24) is 0 Å². The largest absolute Gasteiger partial charge is 0.482 e. The second-order valence-corrected chi connectivity index (χ2v) is 6.50. The summed E-state index contributed by atoms with van der Waals surface area (Å²) in [4.78, 5) is 35.1. The number of benzene rings is 2. The van der Waals surface area contributed by atoms with E-state index in [9.17, 15) is 14.4 Å². The van der Waals surface area contributed by atoms with Crippen molar-refractivity contribution in [1.29, 1.82) is 0 Å². The quantitative estimate of drug-likeness (QED) is 0.368. The minimum Gasteiger partial charge on any atom is -0.482 e. The molecule has 0 radical (unpaired) electrons. The molecule has 0 aliphatic heterocycles. The van der Waals surface area contributed by atoms with Gasteiger partial charge in [0, 0.05) is 22.6 Å². The highest BCUT2D eigenvalue weighted by Gasteiger charge is 2.12. The Labute approximate surface area is 161 Å². The van der Waals surface area contributed by atoms with E-state index in [1.165, 1.54) is 13.0 Å². The van der Waals surface area contributed by atoms with Crippen molar-refractivity contribution >= 4 is 22.7 Å². The summed E-state index contributed by atoms with van der Waals surface area (Å²) in [5.41, 5.74) is 3.03. The fraction of sp³-hybridized carbons (Fsp3) is 0.227. The molecule has 0 amide bonds. The van der Waals surface area contributed by atoms with Crippen LogP contribution in [0.3, 0.4) is 0 Å². The molecular formula is C22H20O6. The summed E-state index contributed by atoms with van der Waals surface area (Å²) in [6.07, 6.45) is 0. The van der Waals surface area contributed by atoms with Crippen LogP contribution in [0.2, 0.25) is 0 Å². The molecule has 0 spiro atoms. The van der Waals surface area contributed by atoms with Crippen molar-refractivity contribution in [3.63, 3.8) is 0 Å². The van der Waals surface area contributed by atoms with Gasteiger partial charge >= 0.3 is 11.6 Å². The van der Waals surface area contributed by atoms with Crippen LogP contribution in [0, 0.1) is 13.8 Å². The summed E-state index contributed by atoms with van der Waals surface area (Å²) < 4.78 is 15.9. The fourth-order valence-electron chi connectivity index (χ4n) is 2.77. The monoisotopic (exact) mass is 380 g/mol. The molecule has 2 aromatic carbocycles. The molecule has 28 heavy (non-hydrogen) atoms. The van der Waals surface area contributed by atoms with Crippen LogP contribution >= 0.6 is 0 Å². The molecule has 6 heteroatoms. The van der Waals surface area contributed by atoms with Gasteiger partial charge in [0.15, 0.2) is 12.4 Å². The molecule has 1 aromatic heterocycles. The van der Waals surface area contributed by atoms with Crippen LogP contribution in [0.25, 0.3) is 11.0 Å². The normalized spacial score (nSPS) is 10.7. The van der Waals surface area contributed by atoms with E-state index in [0.29, 0.717) is 22.5 Å². The number of carbonyl (C=O) groups is 2. The highest BCUT2D eigenvalue weighted by molar-refractivity contribution is 5.94. The minimum absolute atomic E-state index is 0.0454. The number of hydrogen-bond acceptors (Lipinski definition) is 6. The first-order valence-corrected chi connectivity index (χ1v) is 8.77. The molecule has 3 rings (SSSR count). The zero-order valence-corrected chi connectivity index (χ0v) is 15.9. The van der Waals surface area contributed by atoms with Gasteiger partial charge in [-0.25, -0.2) is 9.59 Å². The Morgan fingerprint density at radius 1 is 1.04 bits per heavy atom. The highest BCUT2D eigenvalue weighted by Crippen LogP contribution is 2.23. The van der Waals surface area contributed by atoms with Crippen LogP contribution < -0.4 is 10.4 Å². The Balaban J connectivity index is 1.65. The molecule has 144 valence electrons. The Kier molecular flexibility index (Phi) is 5.59. The van der Waals surface area contributed by atoms with Crippen molar-refractivity contribution < 1.29 is 23.5 Å². The van der Waals surface area contributed by atoms with Gasteiger partial charge in [-0.1, -0.05) is 12.1 Å². The number of hydrogen-bond donors (Lipinski definition) is 0. The first-order valence-electron chi connectivity index (χ1n) is 8.77. The molecule has 3 aromatic rings. The van der Waals surface area contributed by atoms with E-state index in [4.69, 9.17) is 13.9 Å². The van der Waals surface area contributed by atoms with Crippen LogP contribution in [0.15, 0.2) is 51.7 Å². The lowest BCUT2D eigenvalue weighted by atomic mass is 10.0. The standard InChI is InChI=1S/C22H20O6/c1-13-4-9-19-17(10-20(24)28-22(19)14(13)2)11-27-21(25)12-26-18-7-5-16(6-8-18)15(3)23/h4-10H,11-12H2,1-3H3. The first kappa shape index (κ1) is 19.4. The average molecular weight is 380 g/mol. The maximum Gasteiger partial charge on any atom is 0.344 e. The molecule has 0 saturated carbocycles. The summed E-state index contributed by atoms with van der Waals surface area (Å²) in [6.45, 7) is 4.94. The smallest absolute Gasteiger partial charge is 0.344 e. The van der Waals surface area contributed by atoms with Crippen LogP contribution in [0.4, 0.5) is 0 Å². The molecule has 6 nitrogen and oxygen atoms in total. The number of rotatable bonds is 6. The fourth-order valence-corrected chi connectivity index (χ4v) is 2.77. The predicted octanol–water partition coefficient (Wildman–Crippen LogP) is 3.73. The zero-order chi connectivity index (χ0) is 20.3. The molecule has 0 N–H and O–H groups in total. The van der Waals surface area contributed by atoms with Crippen molar-refractivity contribution in [2.75, 3.05) is 6.61 Å². The van der Waals surface area contributed by atoms with Gasteiger partial charge in [-0.05, 0) is 56.2 Å². The zero-order valence-electron chi connectivity index (χ0n) is 15.9.